The van der Waals surface area contributed by atoms with Crippen molar-refractivity contribution in [2.75, 3.05) is 0 Å². The van der Waals surface area contributed by atoms with Crippen LogP contribution in [0, 0.1) is 0 Å². The lowest BCUT2D eigenvalue weighted by atomic mass is 9.83. The molecular formula is C14H20BrN. The Bertz CT molecular complexity index is 342. The molecular weight excluding hydrogens is 262 g/mol. The van der Waals surface area contributed by atoms with Crippen LogP contribution in [0.25, 0.3) is 0 Å². The van der Waals surface area contributed by atoms with E-state index in [4.69, 9.17) is 0 Å². The average molecular weight is 282 g/mol. The van der Waals surface area contributed by atoms with Crippen molar-refractivity contribution in [3.8, 4) is 0 Å². The Kier molecular flexibility index (Phi) is 4.04. The standard InChI is InChI=1S/C14H20BrN/c1-14(8-3-2-4-9-14)16-11-12-6-5-7-13(15)10-12/h5-7,10,16H,2-4,8-9,11H2,1H3. The Morgan fingerprint density at radius 1 is 1.25 bits per heavy atom. The molecule has 0 amide bonds. The molecule has 1 nitrogen and oxygen atoms in total. The third-order valence-corrected chi connectivity index (χ3v) is 4.06. The lowest BCUT2D eigenvalue weighted by molar-refractivity contribution is 0.252. The van der Waals surface area contributed by atoms with Crippen LogP contribution in [0.1, 0.15) is 44.6 Å². The van der Waals surface area contributed by atoms with Crippen molar-refractivity contribution < 1.29 is 0 Å². The maximum Gasteiger partial charge on any atom is 0.0210 e. The Morgan fingerprint density at radius 2 is 2.00 bits per heavy atom. The quantitative estimate of drug-likeness (QED) is 0.873. The van der Waals surface area contributed by atoms with Crippen LogP contribution in [0.3, 0.4) is 0 Å². The third kappa shape index (κ3) is 3.33. The summed E-state index contributed by atoms with van der Waals surface area (Å²) in [4.78, 5) is 0. The van der Waals surface area contributed by atoms with Gasteiger partial charge in [0.25, 0.3) is 0 Å². The lowest BCUT2D eigenvalue weighted by Gasteiger charge is -2.34. The Morgan fingerprint density at radius 3 is 2.69 bits per heavy atom. The summed E-state index contributed by atoms with van der Waals surface area (Å²) in [5.74, 6) is 0. The van der Waals surface area contributed by atoms with Crippen molar-refractivity contribution in [2.45, 2.75) is 51.1 Å². The van der Waals surface area contributed by atoms with Gasteiger partial charge in [0.1, 0.15) is 0 Å². The van der Waals surface area contributed by atoms with Crippen LogP contribution in [-0.2, 0) is 6.54 Å². The van der Waals surface area contributed by atoms with E-state index in [1.807, 2.05) is 0 Å². The van der Waals surface area contributed by atoms with Gasteiger partial charge in [-0.1, -0.05) is 47.3 Å². The van der Waals surface area contributed by atoms with E-state index < -0.39 is 0 Å². The summed E-state index contributed by atoms with van der Waals surface area (Å²) in [5.41, 5.74) is 1.72. The molecule has 0 aliphatic heterocycles. The smallest absolute Gasteiger partial charge is 0.0210 e. The average Bonchev–Trinajstić information content (AvgIpc) is 2.28. The largest absolute Gasteiger partial charge is 0.307 e. The molecule has 1 fully saturated rings. The van der Waals surface area contributed by atoms with Gasteiger partial charge in [-0.15, -0.1) is 0 Å². The van der Waals surface area contributed by atoms with Crippen LogP contribution in [0.15, 0.2) is 28.7 Å². The van der Waals surface area contributed by atoms with Gasteiger partial charge in [0.2, 0.25) is 0 Å². The van der Waals surface area contributed by atoms with Crippen molar-refractivity contribution in [3.63, 3.8) is 0 Å². The van der Waals surface area contributed by atoms with E-state index in [9.17, 15) is 0 Å². The summed E-state index contributed by atoms with van der Waals surface area (Å²) >= 11 is 3.51. The minimum absolute atomic E-state index is 0.362. The van der Waals surface area contributed by atoms with Gasteiger partial charge in [0, 0.05) is 16.6 Å². The fourth-order valence-electron chi connectivity index (χ4n) is 2.47. The molecule has 16 heavy (non-hydrogen) atoms. The first kappa shape index (κ1) is 12.1. The van der Waals surface area contributed by atoms with E-state index >= 15 is 0 Å². The lowest BCUT2D eigenvalue weighted by Crippen LogP contribution is -2.43. The van der Waals surface area contributed by atoms with Crippen LogP contribution in [0.4, 0.5) is 0 Å². The molecule has 1 saturated carbocycles. The molecule has 1 aliphatic carbocycles. The first-order chi connectivity index (χ1) is 7.68. The first-order valence-corrected chi connectivity index (χ1v) is 6.97. The Balaban J connectivity index is 1.91. The zero-order valence-electron chi connectivity index (χ0n) is 9.93. The van der Waals surface area contributed by atoms with Gasteiger partial charge >= 0.3 is 0 Å². The Hall–Kier alpha value is -0.340. The highest BCUT2D eigenvalue weighted by Crippen LogP contribution is 2.27. The van der Waals surface area contributed by atoms with Crippen LogP contribution >= 0.6 is 15.9 Å². The number of halogens is 1. The maximum absolute atomic E-state index is 3.72. The third-order valence-electron chi connectivity index (χ3n) is 3.57. The van der Waals surface area contributed by atoms with E-state index in [0.29, 0.717) is 5.54 Å². The van der Waals surface area contributed by atoms with Gasteiger partial charge < -0.3 is 5.32 Å². The van der Waals surface area contributed by atoms with Crippen LogP contribution in [0.2, 0.25) is 0 Å². The second-order valence-corrected chi connectivity index (χ2v) is 6.02. The number of hydrogen-bond donors (Lipinski definition) is 1. The Labute approximate surface area is 107 Å². The molecule has 0 heterocycles. The monoisotopic (exact) mass is 281 g/mol. The molecule has 0 spiro atoms. The minimum atomic E-state index is 0.362. The molecule has 0 saturated heterocycles. The second-order valence-electron chi connectivity index (χ2n) is 5.10. The van der Waals surface area contributed by atoms with Crippen molar-refractivity contribution >= 4 is 15.9 Å². The normalized spacial score (nSPS) is 19.6. The highest BCUT2D eigenvalue weighted by Gasteiger charge is 2.25. The van der Waals surface area contributed by atoms with Gasteiger partial charge in [-0.3, -0.25) is 0 Å². The summed E-state index contributed by atoms with van der Waals surface area (Å²) in [6.07, 6.45) is 6.81. The molecule has 1 N–H and O–H groups in total. The molecule has 1 aromatic rings. The molecule has 0 radical (unpaired) electrons. The molecule has 2 heteroatoms. The molecule has 0 bridgehead atoms. The number of benzene rings is 1. The second kappa shape index (κ2) is 5.33. The zero-order chi connectivity index (χ0) is 11.4. The summed E-state index contributed by atoms with van der Waals surface area (Å²) < 4.78 is 1.17. The van der Waals surface area contributed by atoms with Crippen molar-refractivity contribution in [2.24, 2.45) is 0 Å². The number of nitrogens with one attached hydrogen (secondary N) is 1. The summed E-state index contributed by atoms with van der Waals surface area (Å²) in [5, 5.41) is 3.72. The molecule has 1 aliphatic rings. The fourth-order valence-corrected chi connectivity index (χ4v) is 2.92. The topological polar surface area (TPSA) is 12.0 Å². The van der Waals surface area contributed by atoms with E-state index in [0.717, 1.165) is 6.54 Å². The van der Waals surface area contributed by atoms with Crippen molar-refractivity contribution in [3.05, 3.63) is 34.3 Å². The molecule has 0 atom stereocenters. The van der Waals surface area contributed by atoms with E-state index in [1.54, 1.807) is 0 Å². The maximum atomic E-state index is 3.72. The molecule has 2 rings (SSSR count). The van der Waals surface area contributed by atoms with Gasteiger partial charge in [0.15, 0.2) is 0 Å². The van der Waals surface area contributed by atoms with Crippen molar-refractivity contribution in [1.82, 2.24) is 5.32 Å². The van der Waals surface area contributed by atoms with Gasteiger partial charge in [0.05, 0.1) is 0 Å². The molecule has 88 valence electrons. The van der Waals surface area contributed by atoms with Gasteiger partial charge in [-0.25, -0.2) is 0 Å². The summed E-state index contributed by atoms with van der Waals surface area (Å²) in [6, 6.07) is 8.55. The number of hydrogen-bond acceptors (Lipinski definition) is 1. The van der Waals surface area contributed by atoms with Crippen molar-refractivity contribution in [1.29, 1.82) is 0 Å². The molecule has 0 aromatic heterocycles. The molecule has 1 aromatic carbocycles. The zero-order valence-corrected chi connectivity index (χ0v) is 11.5. The summed E-state index contributed by atoms with van der Waals surface area (Å²) in [6.45, 7) is 3.35. The fraction of sp³-hybridized carbons (Fsp3) is 0.571. The van der Waals surface area contributed by atoms with Crippen LogP contribution in [-0.4, -0.2) is 5.54 Å². The van der Waals surface area contributed by atoms with E-state index in [-0.39, 0.29) is 0 Å². The predicted molar refractivity (Wildman–Crippen MR) is 72.5 cm³/mol. The first-order valence-electron chi connectivity index (χ1n) is 6.17. The minimum Gasteiger partial charge on any atom is -0.307 e. The predicted octanol–water partition coefficient (Wildman–Crippen LogP) is 4.26. The van der Waals surface area contributed by atoms with Crippen LogP contribution < -0.4 is 5.32 Å². The van der Waals surface area contributed by atoms with E-state index in [2.05, 4.69) is 52.4 Å². The van der Waals surface area contributed by atoms with Crippen LogP contribution in [0.5, 0.6) is 0 Å². The highest BCUT2D eigenvalue weighted by molar-refractivity contribution is 9.10. The SMILES string of the molecule is CC1(NCc2cccc(Br)c2)CCCCC1. The van der Waals surface area contributed by atoms with Gasteiger partial charge in [-0.2, -0.15) is 0 Å². The van der Waals surface area contributed by atoms with Gasteiger partial charge in [-0.05, 0) is 37.5 Å². The molecule has 0 unspecified atom stereocenters. The highest BCUT2D eigenvalue weighted by atomic mass is 79.9. The summed E-state index contributed by atoms with van der Waals surface area (Å²) in [7, 11) is 0. The van der Waals surface area contributed by atoms with E-state index in [1.165, 1.54) is 42.1 Å². The number of rotatable bonds is 3.